The molecule has 5 nitrogen and oxygen atoms in total. The summed E-state index contributed by atoms with van der Waals surface area (Å²) in [6.45, 7) is 10.9. The number of fused-ring (bicyclic) bond motifs is 1. The smallest absolute Gasteiger partial charge is 0.338 e. The highest BCUT2D eigenvalue weighted by Crippen LogP contribution is 2.30. The molecule has 0 aliphatic carbocycles. The van der Waals surface area contributed by atoms with Gasteiger partial charge < -0.3 is 13.9 Å². The van der Waals surface area contributed by atoms with E-state index in [2.05, 4.69) is 52.3 Å². The van der Waals surface area contributed by atoms with Crippen LogP contribution in [0.4, 0.5) is 0 Å². The molecule has 2 aromatic rings. The predicted octanol–water partition coefficient (Wildman–Crippen LogP) is 4.99. The molecular formula is C21H31BrN2O3. The van der Waals surface area contributed by atoms with E-state index in [0.717, 1.165) is 34.2 Å². The monoisotopic (exact) mass is 438 g/mol. The molecule has 0 aliphatic rings. The fourth-order valence-electron chi connectivity index (χ4n) is 3.25. The molecule has 2 heterocycles. The van der Waals surface area contributed by atoms with Crippen molar-refractivity contribution in [3.63, 3.8) is 0 Å². The highest BCUT2D eigenvalue weighted by atomic mass is 79.9. The van der Waals surface area contributed by atoms with Crippen LogP contribution in [0, 0.1) is 6.92 Å². The molecular weight excluding hydrogens is 408 g/mol. The molecule has 150 valence electrons. The zero-order valence-electron chi connectivity index (χ0n) is 17.4. The van der Waals surface area contributed by atoms with Crippen LogP contribution in [0.2, 0.25) is 0 Å². The molecule has 6 heteroatoms. The highest BCUT2D eigenvalue weighted by Gasteiger charge is 2.23. The Morgan fingerprint density at radius 3 is 2.52 bits per heavy atom. The number of pyridine rings is 1. The van der Waals surface area contributed by atoms with E-state index in [1.54, 1.807) is 7.11 Å². The average molecular weight is 439 g/mol. The summed E-state index contributed by atoms with van der Waals surface area (Å²) in [5.74, 6) is -0.272. The van der Waals surface area contributed by atoms with Gasteiger partial charge >= 0.3 is 5.97 Å². The Balaban J connectivity index is 2.46. The Hall–Kier alpha value is -1.37. The van der Waals surface area contributed by atoms with Crippen LogP contribution in [0.15, 0.2) is 22.8 Å². The molecule has 0 spiro atoms. The standard InChI is InChI=1S/C21H31BrN2O3/c1-13(2)27-21(25)19-11-18-10-17(22)12-24(18)20(15(19)4)16(5)23(6)9-8-14(3)26-7/h10-14,16H,8-9H2,1-7H3. The summed E-state index contributed by atoms with van der Waals surface area (Å²) in [4.78, 5) is 14.9. The van der Waals surface area contributed by atoms with E-state index in [4.69, 9.17) is 9.47 Å². The zero-order chi connectivity index (χ0) is 20.3. The number of esters is 1. The van der Waals surface area contributed by atoms with E-state index in [1.807, 2.05) is 32.9 Å². The lowest BCUT2D eigenvalue weighted by molar-refractivity contribution is 0.0376. The fourth-order valence-corrected chi connectivity index (χ4v) is 3.69. The second-order valence-electron chi connectivity index (χ2n) is 7.47. The average Bonchev–Trinajstić information content (AvgIpc) is 2.97. The number of aromatic nitrogens is 1. The number of methoxy groups -OCH3 is 1. The van der Waals surface area contributed by atoms with Crippen LogP contribution in [-0.2, 0) is 9.47 Å². The third-order valence-electron chi connectivity index (χ3n) is 5.07. The molecule has 2 rings (SSSR count). The first-order valence-electron chi connectivity index (χ1n) is 9.40. The lowest BCUT2D eigenvalue weighted by Crippen LogP contribution is -2.28. The molecule has 0 aromatic carbocycles. The van der Waals surface area contributed by atoms with Crippen molar-refractivity contribution in [2.45, 2.75) is 59.3 Å². The van der Waals surface area contributed by atoms with Crippen molar-refractivity contribution in [1.82, 2.24) is 9.30 Å². The van der Waals surface area contributed by atoms with E-state index in [-0.39, 0.29) is 24.2 Å². The Morgan fingerprint density at radius 1 is 1.26 bits per heavy atom. The van der Waals surface area contributed by atoms with Gasteiger partial charge in [0.1, 0.15) is 0 Å². The van der Waals surface area contributed by atoms with Gasteiger partial charge in [0.15, 0.2) is 0 Å². The number of hydrogen-bond acceptors (Lipinski definition) is 4. The fraction of sp³-hybridized carbons (Fsp3) is 0.571. The van der Waals surface area contributed by atoms with Crippen LogP contribution in [0.1, 0.15) is 61.8 Å². The predicted molar refractivity (Wildman–Crippen MR) is 113 cm³/mol. The number of halogens is 1. The molecule has 27 heavy (non-hydrogen) atoms. The number of ether oxygens (including phenoxy) is 2. The summed E-state index contributed by atoms with van der Waals surface area (Å²) in [6.07, 6.45) is 3.07. The molecule has 0 amide bonds. The molecule has 0 saturated carbocycles. The van der Waals surface area contributed by atoms with Crippen LogP contribution in [0.5, 0.6) is 0 Å². The molecule has 0 aliphatic heterocycles. The molecule has 0 saturated heterocycles. The van der Waals surface area contributed by atoms with Gasteiger partial charge in [-0.15, -0.1) is 0 Å². The molecule has 0 fully saturated rings. The van der Waals surface area contributed by atoms with Crippen LogP contribution in [0.25, 0.3) is 5.52 Å². The molecule has 0 bridgehead atoms. The van der Waals surface area contributed by atoms with Crippen molar-refractivity contribution >= 4 is 27.4 Å². The Labute approximate surface area is 170 Å². The van der Waals surface area contributed by atoms with Crippen LogP contribution in [-0.4, -0.2) is 48.2 Å². The quantitative estimate of drug-likeness (QED) is 0.544. The second kappa shape index (κ2) is 9.22. The van der Waals surface area contributed by atoms with Crippen LogP contribution >= 0.6 is 15.9 Å². The maximum atomic E-state index is 12.7. The number of nitrogens with zero attached hydrogens (tertiary/aromatic N) is 2. The van der Waals surface area contributed by atoms with Gasteiger partial charge in [0.05, 0.1) is 17.8 Å². The molecule has 2 atom stereocenters. The number of carbonyl (C=O) groups is 1. The first-order valence-corrected chi connectivity index (χ1v) is 10.2. The third kappa shape index (κ3) is 5.12. The van der Waals surface area contributed by atoms with Gasteiger partial charge in [-0.05, 0) is 81.7 Å². The number of hydrogen-bond donors (Lipinski definition) is 0. The van der Waals surface area contributed by atoms with Gasteiger partial charge in [-0.3, -0.25) is 4.90 Å². The van der Waals surface area contributed by atoms with Gasteiger partial charge in [-0.2, -0.15) is 0 Å². The van der Waals surface area contributed by atoms with Crippen molar-refractivity contribution in [3.8, 4) is 0 Å². The summed E-state index contributed by atoms with van der Waals surface area (Å²) in [5.41, 5.74) is 3.66. The topological polar surface area (TPSA) is 43.2 Å². The van der Waals surface area contributed by atoms with E-state index >= 15 is 0 Å². The summed E-state index contributed by atoms with van der Waals surface area (Å²) in [5, 5.41) is 0. The number of rotatable bonds is 8. The van der Waals surface area contributed by atoms with Crippen molar-refractivity contribution in [1.29, 1.82) is 0 Å². The van der Waals surface area contributed by atoms with Crippen LogP contribution in [0.3, 0.4) is 0 Å². The van der Waals surface area contributed by atoms with Gasteiger partial charge in [-0.25, -0.2) is 4.79 Å². The minimum Gasteiger partial charge on any atom is -0.459 e. The van der Waals surface area contributed by atoms with Crippen molar-refractivity contribution < 1.29 is 14.3 Å². The van der Waals surface area contributed by atoms with E-state index in [9.17, 15) is 4.79 Å². The van der Waals surface area contributed by atoms with Crippen molar-refractivity contribution in [2.75, 3.05) is 20.7 Å². The van der Waals surface area contributed by atoms with Gasteiger partial charge in [0.25, 0.3) is 0 Å². The Kier molecular flexibility index (Phi) is 7.48. The Morgan fingerprint density at radius 2 is 1.93 bits per heavy atom. The van der Waals surface area contributed by atoms with Gasteiger partial charge in [0.2, 0.25) is 0 Å². The normalized spacial score (nSPS) is 14.1. The lowest BCUT2D eigenvalue weighted by Gasteiger charge is -2.29. The molecule has 0 radical (unpaired) electrons. The van der Waals surface area contributed by atoms with Crippen molar-refractivity contribution in [3.05, 3.63) is 39.6 Å². The van der Waals surface area contributed by atoms with E-state index in [1.165, 1.54) is 0 Å². The Bertz CT molecular complexity index is 800. The molecule has 2 aromatic heterocycles. The maximum absolute atomic E-state index is 12.7. The van der Waals surface area contributed by atoms with Crippen molar-refractivity contribution in [2.24, 2.45) is 0 Å². The largest absolute Gasteiger partial charge is 0.459 e. The summed E-state index contributed by atoms with van der Waals surface area (Å²) in [6, 6.07) is 4.06. The minimum absolute atomic E-state index is 0.127. The first kappa shape index (κ1) is 21.9. The van der Waals surface area contributed by atoms with Crippen LogP contribution < -0.4 is 0 Å². The lowest BCUT2D eigenvalue weighted by atomic mass is 10.0. The summed E-state index contributed by atoms with van der Waals surface area (Å²) >= 11 is 3.56. The maximum Gasteiger partial charge on any atom is 0.338 e. The number of carbonyl (C=O) groups excluding carboxylic acids is 1. The third-order valence-corrected chi connectivity index (χ3v) is 5.50. The molecule has 2 unspecified atom stereocenters. The SMILES string of the molecule is COC(C)CCN(C)C(C)c1c(C)c(C(=O)OC(C)C)cc2cc(Br)cn12. The van der Waals surface area contributed by atoms with Gasteiger partial charge in [-0.1, -0.05) is 0 Å². The second-order valence-corrected chi connectivity index (χ2v) is 8.38. The molecule has 0 N–H and O–H groups in total. The van der Waals surface area contributed by atoms with Gasteiger partial charge in [0, 0.05) is 41.6 Å². The van der Waals surface area contributed by atoms with E-state index in [0.29, 0.717) is 5.56 Å². The van der Waals surface area contributed by atoms with E-state index < -0.39 is 0 Å². The zero-order valence-corrected chi connectivity index (χ0v) is 19.0. The summed E-state index contributed by atoms with van der Waals surface area (Å²) in [7, 11) is 3.85. The highest BCUT2D eigenvalue weighted by molar-refractivity contribution is 9.10. The first-order chi connectivity index (χ1) is 12.6. The summed E-state index contributed by atoms with van der Waals surface area (Å²) < 4.78 is 14.0. The minimum atomic E-state index is -0.272.